The summed E-state index contributed by atoms with van der Waals surface area (Å²) in [6.45, 7) is 0. The molecule has 0 spiro atoms. The zero-order valence-corrected chi connectivity index (χ0v) is 11.1. The van der Waals surface area contributed by atoms with Crippen LogP contribution in [0.4, 0.5) is 13.2 Å². The van der Waals surface area contributed by atoms with Crippen LogP contribution >= 0.6 is 0 Å². The van der Waals surface area contributed by atoms with E-state index in [4.69, 9.17) is 5.73 Å². The van der Waals surface area contributed by atoms with E-state index in [0.717, 1.165) is 23.4 Å². The summed E-state index contributed by atoms with van der Waals surface area (Å²) < 4.78 is 39.0. The van der Waals surface area contributed by atoms with E-state index in [-0.39, 0.29) is 6.04 Å². The molecule has 0 amide bonds. The van der Waals surface area contributed by atoms with Crippen LogP contribution in [0.2, 0.25) is 0 Å². The highest BCUT2D eigenvalue weighted by Gasteiger charge is 2.29. The van der Waals surface area contributed by atoms with Crippen molar-refractivity contribution in [2.75, 3.05) is 0 Å². The zero-order chi connectivity index (χ0) is 14.8. The Morgan fingerprint density at radius 1 is 1.15 bits per heavy atom. The van der Waals surface area contributed by atoms with Crippen LogP contribution in [0.3, 0.4) is 0 Å². The molecule has 20 heavy (non-hydrogen) atoms. The van der Waals surface area contributed by atoms with Crippen molar-refractivity contribution in [2.24, 2.45) is 12.8 Å². The van der Waals surface area contributed by atoms with Crippen LogP contribution in [0.25, 0.3) is 0 Å². The minimum Gasteiger partial charge on any atom is -0.327 e. The fourth-order valence-corrected chi connectivity index (χ4v) is 2.05. The van der Waals surface area contributed by atoms with Crippen LogP contribution in [0, 0.1) is 0 Å². The second-order valence-corrected chi connectivity index (χ2v) is 4.84. The number of rotatable bonds is 4. The Hall–Kier alpha value is -1.82. The van der Waals surface area contributed by atoms with Crippen LogP contribution in [0.1, 0.15) is 16.8 Å². The van der Waals surface area contributed by atoms with Gasteiger partial charge in [0.25, 0.3) is 0 Å². The van der Waals surface area contributed by atoms with Gasteiger partial charge in [0.15, 0.2) is 0 Å². The molecule has 0 saturated carbocycles. The normalized spacial score (nSPS) is 13.4. The van der Waals surface area contributed by atoms with Crippen molar-refractivity contribution in [3.63, 3.8) is 0 Å². The van der Waals surface area contributed by atoms with Gasteiger partial charge in [0.05, 0.1) is 11.3 Å². The van der Waals surface area contributed by atoms with Gasteiger partial charge in [-0.15, -0.1) is 0 Å². The van der Waals surface area contributed by atoms with Crippen molar-refractivity contribution in [3.8, 4) is 0 Å². The average molecular weight is 283 g/mol. The molecule has 1 aromatic heterocycles. The van der Waals surface area contributed by atoms with E-state index in [0.29, 0.717) is 12.8 Å². The lowest BCUT2D eigenvalue weighted by atomic mass is 10.0. The number of aromatic nitrogens is 2. The van der Waals surface area contributed by atoms with Crippen molar-refractivity contribution in [1.29, 1.82) is 0 Å². The van der Waals surface area contributed by atoms with E-state index in [9.17, 15) is 13.2 Å². The summed E-state index contributed by atoms with van der Waals surface area (Å²) in [6.07, 6.45) is -1.34. The van der Waals surface area contributed by atoms with Gasteiger partial charge in [-0.1, -0.05) is 12.1 Å². The fraction of sp³-hybridized carbons (Fsp3) is 0.357. The van der Waals surface area contributed by atoms with Gasteiger partial charge in [0.1, 0.15) is 0 Å². The molecule has 2 N–H and O–H groups in total. The quantitative estimate of drug-likeness (QED) is 0.937. The summed E-state index contributed by atoms with van der Waals surface area (Å²) in [5.41, 5.74) is 7.03. The first-order valence-electron chi connectivity index (χ1n) is 6.25. The highest BCUT2D eigenvalue weighted by molar-refractivity contribution is 5.25. The molecule has 1 atom stereocenters. The molecule has 0 fully saturated rings. The Morgan fingerprint density at radius 2 is 1.80 bits per heavy atom. The first-order valence-corrected chi connectivity index (χ1v) is 6.25. The first kappa shape index (κ1) is 14.6. The molecule has 6 heteroatoms. The van der Waals surface area contributed by atoms with E-state index < -0.39 is 11.7 Å². The first-order chi connectivity index (χ1) is 9.34. The standard InChI is InChI=1S/C14H16F3N3/c1-20-7-6-13(19-20)9-12(18)8-10-2-4-11(5-3-10)14(15,16)17/h2-7,12H,8-9,18H2,1H3. The molecule has 0 aliphatic heterocycles. The lowest BCUT2D eigenvalue weighted by molar-refractivity contribution is -0.137. The smallest absolute Gasteiger partial charge is 0.327 e. The van der Waals surface area contributed by atoms with Gasteiger partial charge in [-0.2, -0.15) is 18.3 Å². The number of nitrogens with zero attached hydrogens (tertiary/aromatic N) is 2. The fourth-order valence-electron chi connectivity index (χ4n) is 2.05. The maximum absolute atomic E-state index is 12.4. The summed E-state index contributed by atoms with van der Waals surface area (Å²) in [5.74, 6) is 0. The Balaban J connectivity index is 1.96. The van der Waals surface area contributed by atoms with E-state index in [2.05, 4.69) is 5.10 Å². The van der Waals surface area contributed by atoms with E-state index in [1.807, 2.05) is 19.3 Å². The van der Waals surface area contributed by atoms with Crippen molar-refractivity contribution < 1.29 is 13.2 Å². The number of hydrogen-bond acceptors (Lipinski definition) is 2. The molecule has 0 bridgehead atoms. The summed E-state index contributed by atoms with van der Waals surface area (Å²) in [7, 11) is 1.82. The number of benzene rings is 1. The molecule has 2 rings (SSSR count). The highest BCUT2D eigenvalue weighted by Crippen LogP contribution is 2.29. The molecule has 0 saturated heterocycles. The molecule has 0 aliphatic rings. The minimum absolute atomic E-state index is 0.165. The van der Waals surface area contributed by atoms with Crippen molar-refractivity contribution in [3.05, 3.63) is 53.3 Å². The molecule has 108 valence electrons. The van der Waals surface area contributed by atoms with Crippen molar-refractivity contribution >= 4 is 0 Å². The molecule has 0 aliphatic carbocycles. The lowest BCUT2D eigenvalue weighted by Crippen LogP contribution is -2.25. The Bertz CT molecular complexity index is 558. The predicted octanol–water partition coefficient (Wildman–Crippen LogP) is 2.55. The van der Waals surface area contributed by atoms with Crippen LogP contribution in [0.5, 0.6) is 0 Å². The monoisotopic (exact) mass is 283 g/mol. The SMILES string of the molecule is Cn1ccc(CC(N)Cc2ccc(C(F)(F)F)cc2)n1. The van der Waals surface area contributed by atoms with Crippen molar-refractivity contribution in [1.82, 2.24) is 9.78 Å². The number of nitrogens with two attached hydrogens (primary N) is 1. The molecule has 0 radical (unpaired) electrons. The number of hydrogen-bond donors (Lipinski definition) is 1. The third-order valence-electron chi connectivity index (χ3n) is 3.02. The molecule has 1 aromatic carbocycles. The Morgan fingerprint density at radius 3 is 2.30 bits per heavy atom. The minimum atomic E-state index is -4.30. The summed E-state index contributed by atoms with van der Waals surface area (Å²) in [6, 6.07) is 6.84. The zero-order valence-electron chi connectivity index (χ0n) is 11.1. The molecular formula is C14H16F3N3. The maximum atomic E-state index is 12.4. The van der Waals surface area contributed by atoms with Gasteiger partial charge in [-0.05, 0) is 30.2 Å². The van der Waals surface area contributed by atoms with Crippen LogP contribution < -0.4 is 5.73 Å². The van der Waals surface area contributed by atoms with Crippen molar-refractivity contribution in [2.45, 2.75) is 25.1 Å². The van der Waals surface area contributed by atoms with E-state index in [1.165, 1.54) is 12.1 Å². The summed E-state index contributed by atoms with van der Waals surface area (Å²) >= 11 is 0. The van der Waals surface area contributed by atoms with Gasteiger partial charge in [-0.3, -0.25) is 4.68 Å². The summed E-state index contributed by atoms with van der Waals surface area (Å²) in [4.78, 5) is 0. The largest absolute Gasteiger partial charge is 0.416 e. The van der Waals surface area contributed by atoms with Gasteiger partial charge >= 0.3 is 6.18 Å². The molecule has 1 unspecified atom stereocenters. The third-order valence-corrected chi connectivity index (χ3v) is 3.02. The van der Waals surface area contributed by atoms with E-state index >= 15 is 0 Å². The number of aryl methyl sites for hydroxylation is 1. The van der Waals surface area contributed by atoms with Gasteiger partial charge < -0.3 is 5.73 Å². The maximum Gasteiger partial charge on any atom is 0.416 e. The molecular weight excluding hydrogens is 267 g/mol. The second-order valence-electron chi connectivity index (χ2n) is 4.84. The van der Waals surface area contributed by atoms with Crippen LogP contribution in [0.15, 0.2) is 36.5 Å². The predicted molar refractivity (Wildman–Crippen MR) is 70.0 cm³/mol. The van der Waals surface area contributed by atoms with Gasteiger partial charge in [-0.25, -0.2) is 0 Å². The van der Waals surface area contributed by atoms with Crippen LogP contribution in [-0.2, 0) is 26.1 Å². The Kier molecular flexibility index (Phi) is 4.13. The van der Waals surface area contributed by atoms with Gasteiger partial charge in [0.2, 0.25) is 0 Å². The molecule has 2 aromatic rings. The molecule has 3 nitrogen and oxygen atoms in total. The third kappa shape index (κ3) is 3.84. The Labute approximate surface area is 115 Å². The number of alkyl halides is 3. The average Bonchev–Trinajstić information content (AvgIpc) is 2.74. The van der Waals surface area contributed by atoms with E-state index in [1.54, 1.807) is 4.68 Å². The van der Waals surface area contributed by atoms with Crippen LogP contribution in [-0.4, -0.2) is 15.8 Å². The summed E-state index contributed by atoms with van der Waals surface area (Å²) in [5, 5.41) is 4.23. The number of halogens is 3. The topological polar surface area (TPSA) is 43.8 Å². The highest BCUT2D eigenvalue weighted by atomic mass is 19.4. The molecule has 1 heterocycles. The lowest BCUT2D eigenvalue weighted by Gasteiger charge is -2.11. The second kappa shape index (κ2) is 5.66. The van der Waals surface area contributed by atoms with Gasteiger partial charge in [0, 0.05) is 25.7 Å².